The van der Waals surface area contributed by atoms with Gasteiger partial charge in [0.05, 0.1) is 4.91 Å². The van der Waals surface area contributed by atoms with Crippen molar-refractivity contribution in [3.8, 4) is 0 Å². The highest BCUT2D eigenvalue weighted by Crippen LogP contribution is 2.30. The predicted molar refractivity (Wildman–Crippen MR) is 85.8 cm³/mol. The molecule has 4 heteroatoms. The molecule has 0 bridgehead atoms. The Balaban J connectivity index is 2.07. The Kier molecular flexibility index (Phi) is 4.93. The summed E-state index contributed by atoms with van der Waals surface area (Å²) in [5, 5.41) is 0. The highest BCUT2D eigenvalue weighted by atomic mass is 32.2. The Hall–Kier alpha value is -1.39. The van der Waals surface area contributed by atoms with E-state index in [-0.39, 0.29) is 5.91 Å². The normalized spacial score (nSPS) is 17.9. The number of hydrogen-bond donors (Lipinski definition) is 0. The van der Waals surface area contributed by atoms with Crippen LogP contribution in [0.4, 0.5) is 0 Å². The zero-order valence-corrected chi connectivity index (χ0v) is 12.3. The maximum Gasteiger partial charge on any atom is 0.266 e. The third-order valence-corrected chi connectivity index (χ3v) is 4.05. The van der Waals surface area contributed by atoms with Crippen molar-refractivity contribution in [3.63, 3.8) is 0 Å². The van der Waals surface area contributed by atoms with Crippen molar-refractivity contribution in [3.05, 3.63) is 53.0 Å². The molecule has 2 nitrogen and oxygen atoms in total. The molecule has 1 aromatic rings. The van der Waals surface area contributed by atoms with Gasteiger partial charge in [-0.05, 0) is 18.1 Å². The number of allylic oxidation sites excluding steroid dienone is 2. The number of thioether (sulfide) groups is 1. The minimum Gasteiger partial charge on any atom is -0.293 e. The number of rotatable bonds is 4. The molecule has 1 aliphatic heterocycles. The molecular weight excluding hydrogens is 274 g/mol. The zero-order valence-electron chi connectivity index (χ0n) is 10.7. The summed E-state index contributed by atoms with van der Waals surface area (Å²) < 4.78 is 0.659. The van der Waals surface area contributed by atoms with Gasteiger partial charge in [-0.3, -0.25) is 9.69 Å². The van der Waals surface area contributed by atoms with E-state index in [9.17, 15) is 4.79 Å². The standard InChI is InChI=1S/C15H15NOS2/c1-2-11-16-14(17)13(19-15(16)18)10-6-9-12-7-4-3-5-8-12/h3-10H,2,11H2,1H3/b9-6-,13-10-. The van der Waals surface area contributed by atoms with Gasteiger partial charge in [0, 0.05) is 6.54 Å². The van der Waals surface area contributed by atoms with E-state index in [0.29, 0.717) is 15.8 Å². The van der Waals surface area contributed by atoms with E-state index in [1.807, 2.05) is 55.5 Å². The van der Waals surface area contributed by atoms with Crippen molar-refractivity contribution >= 4 is 40.3 Å². The van der Waals surface area contributed by atoms with Gasteiger partial charge in [0.2, 0.25) is 0 Å². The van der Waals surface area contributed by atoms with E-state index in [0.717, 1.165) is 12.0 Å². The minimum absolute atomic E-state index is 0.0227. The van der Waals surface area contributed by atoms with Crippen LogP contribution >= 0.6 is 24.0 Å². The highest BCUT2D eigenvalue weighted by Gasteiger charge is 2.30. The van der Waals surface area contributed by atoms with Crippen molar-refractivity contribution in [1.29, 1.82) is 0 Å². The third-order valence-electron chi connectivity index (χ3n) is 2.66. The molecule has 0 saturated carbocycles. The molecule has 1 aromatic carbocycles. The molecule has 1 saturated heterocycles. The van der Waals surface area contributed by atoms with Crippen LogP contribution < -0.4 is 0 Å². The average Bonchev–Trinajstić information content (AvgIpc) is 2.68. The third kappa shape index (κ3) is 3.55. The van der Waals surface area contributed by atoms with E-state index in [4.69, 9.17) is 12.2 Å². The van der Waals surface area contributed by atoms with Gasteiger partial charge in [-0.1, -0.05) is 73.4 Å². The fourth-order valence-corrected chi connectivity index (χ4v) is 3.00. The van der Waals surface area contributed by atoms with Gasteiger partial charge in [-0.2, -0.15) is 0 Å². The van der Waals surface area contributed by atoms with Crippen molar-refractivity contribution in [1.82, 2.24) is 4.90 Å². The first-order valence-corrected chi connectivity index (χ1v) is 7.42. The Morgan fingerprint density at radius 3 is 2.74 bits per heavy atom. The number of amides is 1. The van der Waals surface area contributed by atoms with Crippen LogP contribution in [0, 0.1) is 0 Å². The van der Waals surface area contributed by atoms with Crippen molar-refractivity contribution in [2.45, 2.75) is 13.3 Å². The maximum absolute atomic E-state index is 12.1. The number of hydrogen-bond acceptors (Lipinski definition) is 3. The fourth-order valence-electron chi connectivity index (χ4n) is 1.74. The SMILES string of the molecule is CCCN1C(=O)/C(=C/C=C\c2ccccc2)SC1=S. The van der Waals surface area contributed by atoms with Gasteiger partial charge in [-0.15, -0.1) is 0 Å². The van der Waals surface area contributed by atoms with Crippen molar-refractivity contribution in [2.75, 3.05) is 6.54 Å². The summed E-state index contributed by atoms with van der Waals surface area (Å²) >= 11 is 6.58. The minimum atomic E-state index is 0.0227. The van der Waals surface area contributed by atoms with Crippen LogP contribution in [0.1, 0.15) is 18.9 Å². The summed E-state index contributed by atoms with van der Waals surface area (Å²) in [7, 11) is 0. The molecule has 1 aliphatic rings. The van der Waals surface area contributed by atoms with Gasteiger partial charge in [0.25, 0.3) is 5.91 Å². The predicted octanol–water partition coefficient (Wildman–Crippen LogP) is 3.85. The Bertz CT molecular complexity index is 534. The number of thiocarbonyl (C=S) groups is 1. The first-order chi connectivity index (χ1) is 9.22. The molecule has 0 N–H and O–H groups in total. The summed E-state index contributed by atoms with van der Waals surface area (Å²) in [4.78, 5) is 14.4. The smallest absolute Gasteiger partial charge is 0.266 e. The molecule has 0 spiro atoms. The van der Waals surface area contributed by atoms with Gasteiger partial charge in [0.1, 0.15) is 4.32 Å². The number of nitrogens with zero attached hydrogens (tertiary/aromatic N) is 1. The zero-order chi connectivity index (χ0) is 13.7. The van der Waals surface area contributed by atoms with Crippen LogP contribution in [0.15, 0.2) is 47.4 Å². The second-order valence-corrected chi connectivity index (χ2v) is 5.80. The average molecular weight is 289 g/mol. The molecule has 0 atom stereocenters. The monoisotopic (exact) mass is 289 g/mol. The lowest BCUT2D eigenvalue weighted by molar-refractivity contribution is -0.122. The molecule has 0 aliphatic carbocycles. The maximum atomic E-state index is 12.1. The Morgan fingerprint density at radius 2 is 2.05 bits per heavy atom. The molecule has 98 valence electrons. The molecular formula is C15H15NOS2. The van der Waals surface area contributed by atoms with Crippen molar-refractivity contribution < 1.29 is 4.79 Å². The fraction of sp³-hybridized carbons (Fsp3) is 0.200. The quantitative estimate of drug-likeness (QED) is 0.620. The number of carbonyl (C=O) groups is 1. The van der Waals surface area contributed by atoms with Crippen LogP contribution in [0.5, 0.6) is 0 Å². The van der Waals surface area contributed by atoms with E-state index >= 15 is 0 Å². The molecule has 0 unspecified atom stereocenters. The lowest BCUT2D eigenvalue weighted by Crippen LogP contribution is -2.28. The topological polar surface area (TPSA) is 20.3 Å². The summed E-state index contributed by atoms with van der Waals surface area (Å²) in [6, 6.07) is 9.99. The second-order valence-electron chi connectivity index (χ2n) is 4.13. The molecule has 0 aromatic heterocycles. The summed E-state index contributed by atoms with van der Waals surface area (Å²) in [6.45, 7) is 2.74. The van der Waals surface area contributed by atoms with Crippen molar-refractivity contribution in [2.24, 2.45) is 0 Å². The second kappa shape index (κ2) is 6.68. The van der Waals surface area contributed by atoms with E-state index in [1.165, 1.54) is 11.8 Å². The molecule has 1 heterocycles. The van der Waals surface area contributed by atoms with Crippen LogP contribution in [-0.4, -0.2) is 21.7 Å². The van der Waals surface area contributed by atoms with E-state index in [1.54, 1.807) is 4.90 Å². The van der Waals surface area contributed by atoms with Gasteiger partial charge in [-0.25, -0.2) is 0 Å². The van der Waals surface area contributed by atoms with Gasteiger partial charge < -0.3 is 0 Å². The van der Waals surface area contributed by atoms with E-state index in [2.05, 4.69) is 0 Å². The van der Waals surface area contributed by atoms with Gasteiger partial charge >= 0.3 is 0 Å². The molecule has 0 radical (unpaired) electrons. The van der Waals surface area contributed by atoms with Crippen LogP contribution in [-0.2, 0) is 4.79 Å². The first kappa shape index (κ1) is 14.0. The number of benzene rings is 1. The largest absolute Gasteiger partial charge is 0.293 e. The highest BCUT2D eigenvalue weighted by molar-refractivity contribution is 8.26. The summed E-state index contributed by atoms with van der Waals surface area (Å²) in [5.41, 5.74) is 1.11. The van der Waals surface area contributed by atoms with Crippen LogP contribution in [0.3, 0.4) is 0 Å². The van der Waals surface area contributed by atoms with Gasteiger partial charge in [0.15, 0.2) is 0 Å². The van der Waals surface area contributed by atoms with Crippen LogP contribution in [0.2, 0.25) is 0 Å². The summed E-state index contributed by atoms with van der Waals surface area (Å²) in [5.74, 6) is 0.0227. The molecule has 1 fully saturated rings. The van der Waals surface area contributed by atoms with E-state index < -0.39 is 0 Å². The number of carbonyl (C=O) groups excluding carboxylic acids is 1. The Morgan fingerprint density at radius 1 is 1.32 bits per heavy atom. The Labute approximate surface area is 123 Å². The lowest BCUT2D eigenvalue weighted by Gasteiger charge is -2.11. The summed E-state index contributed by atoms with van der Waals surface area (Å²) in [6.07, 6.45) is 6.63. The molecule has 19 heavy (non-hydrogen) atoms. The van der Waals surface area contributed by atoms with Crippen LogP contribution in [0.25, 0.3) is 6.08 Å². The molecule has 1 amide bonds. The molecule has 2 rings (SSSR count). The first-order valence-electron chi connectivity index (χ1n) is 6.19. The lowest BCUT2D eigenvalue weighted by atomic mass is 10.2.